The second kappa shape index (κ2) is 7.92. The number of rotatable bonds is 6. The third-order valence-electron chi connectivity index (χ3n) is 4.44. The van der Waals surface area contributed by atoms with Crippen molar-refractivity contribution in [2.24, 2.45) is 0 Å². The second-order valence-corrected chi connectivity index (χ2v) is 6.23. The van der Waals surface area contributed by atoms with Gasteiger partial charge in [0, 0.05) is 30.5 Å². The number of hydrogen-bond acceptors (Lipinski definition) is 3. The van der Waals surface area contributed by atoms with Crippen molar-refractivity contribution in [3.05, 3.63) is 59.4 Å². The lowest BCUT2D eigenvalue weighted by Gasteiger charge is -2.17. The molecule has 0 spiro atoms. The molecule has 5 heteroatoms. The number of unbranched alkanes of at least 4 members (excludes halogenated alkanes) is 2. The summed E-state index contributed by atoms with van der Waals surface area (Å²) in [5.74, 6) is -0.319. The van der Waals surface area contributed by atoms with Crippen LogP contribution in [0.4, 0.5) is 5.69 Å². The summed E-state index contributed by atoms with van der Waals surface area (Å²) in [6.45, 7) is 3.42. The van der Waals surface area contributed by atoms with Gasteiger partial charge >= 0.3 is 0 Å². The Hall–Kier alpha value is -2.69. The van der Waals surface area contributed by atoms with Gasteiger partial charge in [-0.15, -0.1) is 0 Å². The first-order valence-electron chi connectivity index (χ1n) is 8.84. The van der Waals surface area contributed by atoms with Gasteiger partial charge < -0.3 is 10.2 Å². The molecule has 1 aliphatic heterocycles. The van der Waals surface area contributed by atoms with E-state index in [1.807, 2.05) is 24.3 Å². The third-order valence-corrected chi connectivity index (χ3v) is 4.44. The van der Waals surface area contributed by atoms with Crippen molar-refractivity contribution >= 4 is 17.5 Å². The SMILES string of the molecule is CCCCCNC(=O)c1ccnc(C(=O)N2CCc3ccccc32)c1. The van der Waals surface area contributed by atoms with Gasteiger partial charge in [0.25, 0.3) is 11.8 Å². The van der Waals surface area contributed by atoms with Crippen LogP contribution in [-0.2, 0) is 6.42 Å². The first-order valence-corrected chi connectivity index (χ1v) is 8.84. The molecule has 0 saturated heterocycles. The number of anilines is 1. The highest BCUT2D eigenvalue weighted by Gasteiger charge is 2.26. The van der Waals surface area contributed by atoms with E-state index in [1.165, 1.54) is 11.8 Å². The molecule has 1 aromatic heterocycles. The summed E-state index contributed by atoms with van der Waals surface area (Å²) in [6.07, 6.45) is 5.54. The Morgan fingerprint density at radius 3 is 2.88 bits per heavy atom. The van der Waals surface area contributed by atoms with Crippen molar-refractivity contribution in [1.29, 1.82) is 0 Å². The van der Waals surface area contributed by atoms with E-state index in [4.69, 9.17) is 0 Å². The summed E-state index contributed by atoms with van der Waals surface area (Å²) in [6, 6.07) is 11.1. The molecular formula is C20H23N3O2. The van der Waals surface area contributed by atoms with E-state index in [2.05, 4.69) is 17.2 Å². The largest absolute Gasteiger partial charge is 0.352 e. The molecule has 0 fully saturated rings. The van der Waals surface area contributed by atoms with E-state index in [0.717, 1.165) is 31.4 Å². The average molecular weight is 337 g/mol. The number of nitrogens with one attached hydrogen (secondary N) is 1. The lowest BCUT2D eigenvalue weighted by molar-refractivity contribution is 0.0953. The van der Waals surface area contributed by atoms with Gasteiger partial charge in [-0.1, -0.05) is 38.0 Å². The normalized spacial score (nSPS) is 12.8. The summed E-state index contributed by atoms with van der Waals surface area (Å²) in [5.41, 5.74) is 2.88. The van der Waals surface area contributed by atoms with Crippen molar-refractivity contribution in [2.45, 2.75) is 32.6 Å². The van der Waals surface area contributed by atoms with Crippen LogP contribution >= 0.6 is 0 Å². The monoisotopic (exact) mass is 337 g/mol. The highest BCUT2D eigenvalue weighted by atomic mass is 16.2. The Morgan fingerprint density at radius 2 is 2.04 bits per heavy atom. The molecule has 5 nitrogen and oxygen atoms in total. The van der Waals surface area contributed by atoms with E-state index in [1.54, 1.807) is 17.0 Å². The maximum absolute atomic E-state index is 12.8. The van der Waals surface area contributed by atoms with Crippen LogP contribution in [0.15, 0.2) is 42.6 Å². The second-order valence-electron chi connectivity index (χ2n) is 6.23. The van der Waals surface area contributed by atoms with Crippen LogP contribution in [0.1, 0.15) is 52.6 Å². The summed E-state index contributed by atoms with van der Waals surface area (Å²) < 4.78 is 0. The number of amides is 2. The minimum atomic E-state index is -0.161. The Balaban J connectivity index is 1.71. The third kappa shape index (κ3) is 3.87. The van der Waals surface area contributed by atoms with Crippen LogP contribution in [0.3, 0.4) is 0 Å². The van der Waals surface area contributed by atoms with Crippen LogP contribution in [0.5, 0.6) is 0 Å². The molecule has 1 aliphatic rings. The van der Waals surface area contributed by atoms with Gasteiger partial charge in [0.1, 0.15) is 5.69 Å². The van der Waals surface area contributed by atoms with Gasteiger partial charge in [0.05, 0.1) is 0 Å². The van der Waals surface area contributed by atoms with Crippen LogP contribution < -0.4 is 10.2 Å². The molecule has 2 aromatic rings. The average Bonchev–Trinajstić information content (AvgIpc) is 3.08. The molecule has 130 valence electrons. The highest BCUT2D eigenvalue weighted by Crippen LogP contribution is 2.28. The van der Waals surface area contributed by atoms with Crippen LogP contribution in [0, 0.1) is 0 Å². The van der Waals surface area contributed by atoms with Gasteiger partial charge in [0.15, 0.2) is 0 Å². The van der Waals surface area contributed by atoms with E-state index in [9.17, 15) is 9.59 Å². The molecule has 0 bridgehead atoms. The number of aromatic nitrogens is 1. The lowest BCUT2D eigenvalue weighted by Crippen LogP contribution is -2.30. The summed E-state index contributed by atoms with van der Waals surface area (Å²) in [5, 5.41) is 2.89. The summed E-state index contributed by atoms with van der Waals surface area (Å²) in [7, 11) is 0. The molecule has 0 saturated carbocycles. The van der Waals surface area contributed by atoms with Crippen LogP contribution in [0.2, 0.25) is 0 Å². The minimum absolute atomic E-state index is 0.158. The first-order chi connectivity index (χ1) is 12.2. The topological polar surface area (TPSA) is 62.3 Å². The number of fused-ring (bicyclic) bond motifs is 1. The van der Waals surface area contributed by atoms with Crippen molar-refractivity contribution in [2.75, 3.05) is 18.0 Å². The van der Waals surface area contributed by atoms with Crippen molar-refractivity contribution in [3.8, 4) is 0 Å². The molecule has 2 amide bonds. The first kappa shape index (κ1) is 17.1. The fourth-order valence-electron chi connectivity index (χ4n) is 3.06. The lowest BCUT2D eigenvalue weighted by atomic mass is 10.1. The molecule has 0 aliphatic carbocycles. The predicted octanol–water partition coefficient (Wildman–Crippen LogP) is 3.20. The highest BCUT2D eigenvalue weighted by molar-refractivity contribution is 6.07. The van der Waals surface area contributed by atoms with Crippen molar-refractivity contribution < 1.29 is 9.59 Å². The van der Waals surface area contributed by atoms with Gasteiger partial charge in [-0.25, -0.2) is 0 Å². The van der Waals surface area contributed by atoms with Gasteiger partial charge in [-0.2, -0.15) is 0 Å². The van der Waals surface area contributed by atoms with E-state index in [-0.39, 0.29) is 11.8 Å². The van der Waals surface area contributed by atoms with Gasteiger partial charge in [-0.05, 0) is 36.6 Å². The zero-order valence-electron chi connectivity index (χ0n) is 14.5. The maximum Gasteiger partial charge on any atom is 0.276 e. The molecule has 1 aromatic carbocycles. The van der Waals surface area contributed by atoms with E-state index in [0.29, 0.717) is 24.3 Å². The number of benzene rings is 1. The van der Waals surface area contributed by atoms with Crippen LogP contribution in [0.25, 0.3) is 0 Å². The fraction of sp³-hybridized carbons (Fsp3) is 0.350. The summed E-state index contributed by atoms with van der Waals surface area (Å²) in [4.78, 5) is 31.0. The fourth-order valence-corrected chi connectivity index (χ4v) is 3.06. The Kier molecular flexibility index (Phi) is 5.43. The van der Waals surface area contributed by atoms with Crippen LogP contribution in [-0.4, -0.2) is 29.9 Å². The smallest absolute Gasteiger partial charge is 0.276 e. The van der Waals surface area contributed by atoms with Gasteiger partial charge in [0.2, 0.25) is 0 Å². The molecule has 0 radical (unpaired) electrons. The quantitative estimate of drug-likeness (QED) is 0.823. The summed E-state index contributed by atoms with van der Waals surface area (Å²) >= 11 is 0. The Labute approximate surface area is 148 Å². The maximum atomic E-state index is 12.8. The molecule has 0 unspecified atom stereocenters. The number of carbonyl (C=O) groups excluding carboxylic acids is 2. The molecular weight excluding hydrogens is 314 g/mol. The molecule has 3 rings (SSSR count). The molecule has 1 N–H and O–H groups in total. The van der Waals surface area contributed by atoms with E-state index < -0.39 is 0 Å². The Bertz CT molecular complexity index is 773. The van der Waals surface area contributed by atoms with Crippen molar-refractivity contribution in [3.63, 3.8) is 0 Å². The number of hydrogen-bond donors (Lipinski definition) is 1. The minimum Gasteiger partial charge on any atom is -0.352 e. The zero-order chi connectivity index (χ0) is 17.6. The van der Waals surface area contributed by atoms with E-state index >= 15 is 0 Å². The Morgan fingerprint density at radius 1 is 1.20 bits per heavy atom. The number of para-hydroxylation sites is 1. The standard InChI is InChI=1S/C20H23N3O2/c1-2-3-6-11-22-19(24)16-9-12-21-17(14-16)20(25)23-13-10-15-7-4-5-8-18(15)23/h4-5,7-9,12,14H,2-3,6,10-11,13H2,1H3,(H,22,24). The molecule has 25 heavy (non-hydrogen) atoms. The molecule has 2 heterocycles. The predicted molar refractivity (Wildman–Crippen MR) is 97.9 cm³/mol. The van der Waals surface area contributed by atoms with Gasteiger partial charge in [-0.3, -0.25) is 14.6 Å². The number of pyridine rings is 1. The van der Waals surface area contributed by atoms with Crippen molar-refractivity contribution in [1.82, 2.24) is 10.3 Å². The number of nitrogens with zero attached hydrogens (tertiary/aromatic N) is 2. The zero-order valence-corrected chi connectivity index (χ0v) is 14.5. The molecule has 0 atom stereocenters. The number of carbonyl (C=O) groups is 2.